The molecule has 1 aromatic carbocycles. The Hall–Kier alpha value is -3.09. The number of likely N-dealkylation sites (tertiary alicyclic amines) is 1. The molecule has 0 spiro atoms. The molecular formula is C22H28N4O3. The van der Waals surface area contributed by atoms with Gasteiger partial charge in [0.1, 0.15) is 12.2 Å². The van der Waals surface area contributed by atoms with Crippen molar-refractivity contribution in [3.63, 3.8) is 0 Å². The first-order chi connectivity index (χ1) is 13.9. The van der Waals surface area contributed by atoms with Gasteiger partial charge in [0.15, 0.2) is 0 Å². The van der Waals surface area contributed by atoms with Crippen molar-refractivity contribution in [2.24, 2.45) is 0 Å². The molecule has 7 nitrogen and oxygen atoms in total. The number of rotatable bonds is 4. The number of aryl methyl sites for hydroxylation is 2. The lowest BCUT2D eigenvalue weighted by Crippen LogP contribution is -2.38. The van der Waals surface area contributed by atoms with Gasteiger partial charge in [0, 0.05) is 24.5 Å². The van der Waals surface area contributed by atoms with E-state index in [1.807, 2.05) is 24.0 Å². The van der Waals surface area contributed by atoms with Crippen molar-refractivity contribution in [1.82, 2.24) is 9.47 Å². The van der Waals surface area contributed by atoms with E-state index in [2.05, 4.69) is 10.6 Å². The van der Waals surface area contributed by atoms with Crippen LogP contribution in [0.5, 0.6) is 0 Å². The zero-order valence-corrected chi connectivity index (χ0v) is 17.0. The third kappa shape index (κ3) is 5.47. The minimum Gasteiger partial charge on any atom is -0.341 e. The van der Waals surface area contributed by atoms with Crippen molar-refractivity contribution in [1.29, 1.82) is 0 Å². The number of pyridine rings is 1. The van der Waals surface area contributed by atoms with Gasteiger partial charge < -0.3 is 20.1 Å². The zero-order chi connectivity index (χ0) is 20.8. The van der Waals surface area contributed by atoms with E-state index in [4.69, 9.17) is 0 Å². The van der Waals surface area contributed by atoms with E-state index in [0.29, 0.717) is 11.4 Å². The topological polar surface area (TPSA) is 83.4 Å². The molecule has 0 bridgehead atoms. The second-order valence-electron chi connectivity index (χ2n) is 7.52. The summed E-state index contributed by atoms with van der Waals surface area (Å²) in [5, 5.41) is 5.30. The van der Waals surface area contributed by atoms with Crippen LogP contribution in [0.2, 0.25) is 0 Å². The van der Waals surface area contributed by atoms with Crippen LogP contribution in [0.1, 0.15) is 36.9 Å². The Morgan fingerprint density at radius 3 is 2.21 bits per heavy atom. The third-order valence-electron chi connectivity index (χ3n) is 5.20. The van der Waals surface area contributed by atoms with Crippen molar-refractivity contribution in [2.75, 3.05) is 23.7 Å². The van der Waals surface area contributed by atoms with Gasteiger partial charge in [-0.05, 0) is 51.0 Å². The van der Waals surface area contributed by atoms with E-state index < -0.39 is 6.03 Å². The van der Waals surface area contributed by atoms with E-state index in [9.17, 15) is 14.4 Å². The Morgan fingerprint density at radius 1 is 0.897 bits per heavy atom. The Balaban J connectivity index is 1.70. The Labute approximate surface area is 170 Å². The van der Waals surface area contributed by atoms with Crippen LogP contribution in [-0.2, 0) is 11.3 Å². The normalized spacial score (nSPS) is 14.2. The maximum absolute atomic E-state index is 12.9. The molecular weight excluding hydrogens is 368 g/mol. The summed E-state index contributed by atoms with van der Waals surface area (Å²) in [6, 6.07) is 10.2. The number of urea groups is 1. The Kier molecular flexibility index (Phi) is 6.69. The first kappa shape index (κ1) is 20.6. The number of amides is 3. The van der Waals surface area contributed by atoms with Gasteiger partial charge >= 0.3 is 6.03 Å². The second-order valence-corrected chi connectivity index (χ2v) is 7.52. The second kappa shape index (κ2) is 9.41. The highest BCUT2D eigenvalue weighted by molar-refractivity contribution is 5.99. The van der Waals surface area contributed by atoms with E-state index in [1.54, 1.807) is 31.2 Å². The Bertz CT molecular complexity index is 926. The van der Waals surface area contributed by atoms with Crippen LogP contribution in [0, 0.1) is 13.8 Å². The molecule has 0 atom stereocenters. The number of carbonyl (C=O) groups is 2. The van der Waals surface area contributed by atoms with Crippen LogP contribution in [0.3, 0.4) is 0 Å². The number of aromatic nitrogens is 1. The van der Waals surface area contributed by atoms with E-state index in [1.165, 1.54) is 4.57 Å². The summed E-state index contributed by atoms with van der Waals surface area (Å²) in [7, 11) is 0. The third-order valence-corrected chi connectivity index (χ3v) is 5.20. The van der Waals surface area contributed by atoms with Crippen LogP contribution >= 0.6 is 0 Å². The summed E-state index contributed by atoms with van der Waals surface area (Å²) in [6.45, 7) is 5.21. The predicted molar refractivity (Wildman–Crippen MR) is 114 cm³/mol. The average Bonchev–Trinajstić information content (AvgIpc) is 2.99. The minimum atomic E-state index is -0.500. The number of nitrogens with one attached hydrogen (secondary N) is 2. The molecule has 1 aliphatic rings. The first-order valence-electron chi connectivity index (χ1n) is 10.1. The van der Waals surface area contributed by atoms with E-state index >= 15 is 0 Å². The van der Waals surface area contributed by atoms with Crippen molar-refractivity contribution < 1.29 is 9.59 Å². The number of carbonyl (C=O) groups excluding carboxylic acids is 2. The number of hydrogen-bond donors (Lipinski definition) is 2. The largest absolute Gasteiger partial charge is 0.341 e. The SMILES string of the molecule is Cc1ccc(NC(=O)Nc2ccc(C)n(CC(=O)N3CCCCCC3)c2=O)cc1. The molecule has 154 valence electrons. The molecule has 0 radical (unpaired) electrons. The van der Waals surface area contributed by atoms with Gasteiger partial charge in [-0.2, -0.15) is 0 Å². The number of benzene rings is 1. The van der Waals surface area contributed by atoms with Crippen LogP contribution in [0.25, 0.3) is 0 Å². The molecule has 2 aromatic rings. The van der Waals surface area contributed by atoms with Crippen LogP contribution < -0.4 is 16.2 Å². The fourth-order valence-corrected chi connectivity index (χ4v) is 3.44. The van der Waals surface area contributed by atoms with Gasteiger partial charge in [-0.3, -0.25) is 9.59 Å². The fourth-order valence-electron chi connectivity index (χ4n) is 3.44. The summed E-state index contributed by atoms with van der Waals surface area (Å²) < 4.78 is 1.43. The van der Waals surface area contributed by atoms with Crippen LogP contribution in [0.4, 0.5) is 16.2 Å². The summed E-state index contributed by atoms with van der Waals surface area (Å²) in [5.41, 5.74) is 2.17. The van der Waals surface area contributed by atoms with Gasteiger partial charge in [-0.25, -0.2) is 4.79 Å². The predicted octanol–water partition coefficient (Wildman–Crippen LogP) is 3.51. The minimum absolute atomic E-state index is 0.0141. The number of anilines is 2. The molecule has 1 aliphatic heterocycles. The Morgan fingerprint density at radius 2 is 1.55 bits per heavy atom. The molecule has 0 aliphatic carbocycles. The first-order valence-corrected chi connectivity index (χ1v) is 10.1. The van der Waals surface area contributed by atoms with Crippen molar-refractivity contribution in [3.8, 4) is 0 Å². The molecule has 0 unspecified atom stereocenters. The molecule has 0 saturated carbocycles. The van der Waals surface area contributed by atoms with Gasteiger partial charge in [0.25, 0.3) is 5.56 Å². The van der Waals surface area contributed by atoms with E-state index in [0.717, 1.165) is 44.3 Å². The summed E-state index contributed by atoms with van der Waals surface area (Å²) in [5.74, 6) is -0.0571. The molecule has 2 N–H and O–H groups in total. The lowest BCUT2D eigenvalue weighted by atomic mass is 10.2. The molecule has 1 fully saturated rings. The van der Waals surface area contributed by atoms with Gasteiger partial charge in [-0.1, -0.05) is 30.5 Å². The smallest absolute Gasteiger partial charge is 0.323 e. The lowest BCUT2D eigenvalue weighted by molar-refractivity contribution is -0.131. The monoisotopic (exact) mass is 396 g/mol. The summed E-state index contributed by atoms with van der Waals surface area (Å²) in [4.78, 5) is 39.7. The highest BCUT2D eigenvalue weighted by Gasteiger charge is 2.18. The van der Waals surface area contributed by atoms with Gasteiger partial charge in [0.2, 0.25) is 5.91 Å². The maximum atomic E-state index is 12.9. The van der Waals surface area contributed by atoms with Gasteiger partial charge in [0.05, 0.1) is 0 Å². The molecule has 7 heteroatoms. The average molecular weight is 396 g/mol. The molecule has 29 heavy (non-hydrogen) atoms. The van der Waals surface area contributed by atoms with Crippen LogP contribution in [-0.4, -0.2) is 34.5 Å². The number of hydrogen-bond acceptors (Lipinski definition) is 3. The standard InChI is InChI=1S/C22H28N4O3/c1-16-7-10-18(11-8-16)23-22(29)24-19-12-9-17(2)26(21(19)28)15-20(27)25-13-5-3-4-6-14-25/h7-12H,3-6,13-15H2,1-2H3,(H2,23,24,29). The van der Waals surface area contributed by atoms with Crippen molar-refractivity contribution in [2.45, 2.75) is 46.1 Å². The zero-order valence-electron chi connectivity index (χ0n) is 17.0. The van der Waals surface area contributed by atoms with Gasteiger partial charge in [-0.15, -0.1) is 0 Å². The highest BCUT2D eigenvalue weighted by Crippen LogP contribution is 2.12. The number of nitrogens with zero attached hydrogens (tertiary/aromatic N) is 2. The lowest BCUT2D eigenvalue weighted by Gasteiger charge is -2.21. The molecule has 3 amide bonds. The molecule has 1 aromatic heterocycles. The van der Waals surface area contributed by atoms with Crippen LogP contribution in [0.15, 0.2) is 41.2 Å². The summed E-state index contributed by atoms with van der Waals surface area (Å²) >= 11 is 0. The molecule has 1 saturated heterocycles. The van der Waals surface area contributed by atoms with E-state index in [-0.39, 0.29) is 23.7 Å². The quantitative estimate of drug-likeness (QED) is 0.830. The fraction of sp³-hybridized carbons (Fsp3) is 0.409. The van der Waals surface area contributed by atoms with Crippen molar-refractivity contribution >= 4 is 23.3 Å². The summed E-state index contributed by atoms with van der Waals surface area (Å²) in [6.07, 6.45) is 4.28. The highest BCUT2D eigenvalue weighted by atomic mass is 16.2. The van der Waals surface area contributed by atoms with Crippen molar-refractivity contribution in [3.05, 3.63) is 58.0 Å². The molecule has 2 heterocycles. The maximum Gasteiger partial charge on any atom is 0.323 e. The molecule has 3 rings (SSSR count).